The molecule has 0 amide bonds. The molecule has 7 heteroatoms. The van der Waals surface area contributed by atoms with Gasteiger partial charge in [-0.2, -0.15) is 0 Å². The lowest BCUT2D eigenvalue weighted by Crippen LogP contribution is -2.22. The lowest BCUT2D eigenvalue weighted by molar-refractivity contribution is -0.384. The number of rotatable bonds is 12. The summed E-state index contributed by atoms with van der Waals surface area (Å²) in [6.45, 7) is 5.03. The molecular weight excluding hydrogens is 394 g/mol. The van der Waals surface area contributed by atoms with E-state index in [0.29, 0.717) is 32.8 Å². The topological polar surface area (TPSA) is 85.7 Å². The third-order valence-electron chi connectivity index (χ3n) is 4.61. The second-order valence-electron chi connectivity index (χ2n) is 6.86. The molecule has 0 heterocycles. The average Bonchev–Trinajstić information content (AvgIpc) is 2.79. The lowest BCUT2D eigenvalue weighted by atomic mass is 10.1. The zero-order valence-electron chi connectivity index (χ0n) is 17.5. The van der Waals surface area contributed by atoms with Gasteiger partial charge in [0.25, 0.3) is 5.69 Å². The molecular formula is C24H27N3O4. The molecule has 0 aliphatic carbocycles. The van der Waals surface area contributed by atoms with Crippen LogP contribution in [0, 0.1) is 10.1 Å². The van der Waals surface area contributed by atoms with Gasteiger partial charge in [0.15, 0.2) is 11.5 Å². The van der Waals surface area contributed by atoms with Crippen molar-refractivity contribution in [2.24, 2.45) is 0 Å². The maximum absolute atomic E-state index is 10.7. The number of hydrogen-bond acceptors (Lipinski definition) is 6. The highest BCUT2D eigenvalue weighted by Crippen LogP contribution is 2.32. The molecule has 0 radical (unpaired) electrons. The highest BCUT2D eigenvalue weighted by atomic mass is 16.6. The number of ether oxygens (including phenoxy) is 2. The van der Waals surface area contributed by atoms with Crippen LogP contribution in [0.3, 0.4) is 0 Å². The minimum absolute atomic E-state index is 0.0842. The lowest BCUT2D eigenvalue weighted by Gasteiger charge is -2.17. The summed E-state index contributed by atoms with van der Waals surface area (Å²) >= 11 is 0. The molecule has 3 aromatic rings. The third kappa shape index (κ3) is 6.72. The Hall–Kier alpha value is -3.58. The fourth-order valence-corrected chi connectivity index (χ4v) is 3.08. The van der Waals surface area contributed by atoms with E-state index >= 15 is 0 Å². The van der Waals surface area contributed by atoms with Crippen molar-refractivity contribution in [3.8, 4) is 11.5 Å². The van der Waals surface area contributed by atoms with Gasteiger partial charge in [0, 0.05) is 43.0 Å². The Morgan fingerprint density at radius 1 is 0.903 bits per heavy atom. The zero-order chi connectivity index (χ0) is 21.9. The number of nitrogens with zero attached hydrogens (tertiary/aromatic N) is 1. The number of nitrogens with one attached hydrogen (secondary N) is 2. The minimum Gasteiger partial charge on any atom is -0.490 e. The fourth-order valence-electron chi connectivity index (χ4n) is 3.08. The van der Waals surface area contributed by atoms with E-state index in [9.17, 15) is 10.1 Å². The van der Waals surface area contributed by atoms with Gasteiger partial charge in [-0.3, -0.25) is 10.1 Å². The molecule has 0 aliphatic rings. The molecule has 2 N–H and O–H groups in total. The van der Waals surface area contributed by atoms with Crippen molar-refractivity contribution in [1.29, 1.82) is 0 Å². The van der Waals surface area contributed by atoms with Gasteiger partial charge in [0.2, 0.25) is 0 Å². The fraction of sp³-hybridized carbons (Fsp3) is 0.250. The first-order valence-electron chi connectivity index (χ1n) is 10.3. The first-order chi connectivity index (χ1) is 15.2. The second-order valence-corrected chi connectivity index (χ2v) is 6.86. The van der Waals surface area contributed by atoms with Gasteiger partial charge in [0.05, 0.1) is 11.5 Å². The molecule has 162 valence electrons. The molecule has 0 saturated carbocycles. The van der Waals surface area contributed by atoms with Crippen molar-refractivity contribution in [1.82, 2.24) is 5.32 Å². The normalized spacial score (nSPS) is 10.5. The second kappa shape index (κ2) is 11.6. The summed E-state index contributed by atoms with van der Waals surface area (Å²) in [5.74, 6) is 1.49. The highest BCUT2D eigenvalue weighted by molar-refractivity contribution is 5.48. The van der Waals surface area contributed by atoms with E-state index in [0.717, 1.165) is 28.3 Å². The summed E-state index contributed by atoms with van der Waals surface area (Å²) in [5, 5.41) is 17.4. The Morgan fingerprint density at radius 2 is 1.68 bits per heavy atom. The summed E-state index contributed by atoms with van der Waals surface area (Å²) < 4.78 is 11.9. The highest BCUT2D eigenvalue weighted by Gasteiger charge is 2.11. The summed E-state index contributed by atoms with van der Waals surface area (Å²) in [6, 6.07) is 22.3. The Balaban J connectivity index is 1.53. The van der Waals surface area contributed by atoms with Crippen molar-refractivity contribution >= 4 is 11.4 Å². The van der Waals surface area contributed by atoms with Crippen LogP contribution in [0.5, 0.6) is 11.5 Å². The number of nitro groups is 1. The molecule has 0 atom stereocenters. The molecule has 0 unspecified atom stereocenters. The van der Waals surface area contributed by atoms with E-state index in [2.05, 4.69) is 10.6 Å². The monoisotopic (exact) mass is 421 g/mol. The van der Waals surface area contributed by atoms with E-state index < -0.39 is 4.92 Å². The van der Waals surface area contributed by atoms with Gasteiger partial charge >= 0.3 is 0 Å². The standard InChI is InChI=1S/C24H27N3O4/c1-2-30-23-10-6-9-20(24(23)31-18-19-7-4-3-5-8-19)17-25-15-16-26-21-11-13-22(14-12-21)27(28)29/h3-14,25-26H,2,15-18H2,1H3. The molecule has 0 spiro atoms. The summed E-state index contributed by atoms with van der Waals surface area (Å²) in [5.41, 5.74) is 3.05. The molecule has 7 nitrogen and oxygen atoms in total. The molecule has 3 aromatic carbocycles. The van der Waals surface area contributed by atoms with Crippen molar-refractivity contribution in [3.05, 3.63) is 94.0 Å². The van der Waals surface area contributed by atoms with Crippen LogP contribution < -0.4 is 20.1 Å². The van der Waals surface area contributed by atoms with Crippen molar-refractivity contribution in [3.63, 3.8) is 0 Å². The molecule has 31 heavy (non-hydrogen) atoms. The van der Waals surface area contributed by atoms with E-state index in [1.54, 1.807) is 12.1 Å². The smallest absolute Gasteiger partial charge is 0.269 e. The Morgan fingerprint density at radius 3 is 2.39 bits per heavy atom. The molecule has 3 rings (SSSR count). The van der Waals surface area contributed by atoms with Gasteiger partial charge < -0.3 is 20.1 Å². The Kier molecular flexibility index (Phi) is 8.25. The zero-order valence-corrected chi connectivity index (χ0v) is 17.5. The number of benzene rings is 3. The summed E-state index contributed by atoms with van der Waals surface area (Å²) in [7, 11) is 0. The van der Waals surface area contributed by atoms with Crippen molar-refractivity contribution in [2.45, 2.75) is 20.1 Å². The predicted octanol–water partition coefficient (Wildman–Crippen LogP) is 4.77. The van der Waals surface area contributed by atoms with Crippen LogP contribution >= 0.6 is 0 Å². The van der Waals surface area contributed by atoms with Crippen LogP contribution in [0.4, 0.5) is 11.4 Å². The number of nitro benzene ring substituents is 1. The van der Waals surface area contributed by atoms with Crippen molar-refractivity contribution in [2.75, 3.05) is 25.0 Å². The summed E-state index contributed by atoms with van der Waals surface area (Å²) in [6.07, 6.45) is 0. The average molecular weight is 421 g/mol. The number of non-ortho nitro benzene ring substituents is 1. The number of hydrogen-bond donors (Lipinski definition) is 2. The van der Waals surface area contributed by atoms with E-state index in [1.165, 1.54) is 12.1 Å². The van der Waals surface area contributed by atoms with Crippen LogP contribution in [0.15, 0.2) is 72.8 Å². The van der Waals surface area contributed by atoms with Gasteiger partial charge in [-0.25, -0.2) is 0 Å². The largest absolute Gasteiger partial charge is 0.490 e. The SMILES string of the molecule is CCOc1cccc(CNCCNc2ccc([N+](=O)[O-])cc2)c1OCc1ccccc1. The van der Waals surface area contributed by atoms with Crippen LogP contribution in [0.25, 0.3) is 0 Å². The van der Waals surface area contributed by atoms with E-state index in [1.807, 2.05) is 55.5 Å². The minimum atomic E-state index is -0.404. The Bertz CT molecular complexity index is 962. The maximum Gasteiger partial charge on any atom is 0.269 e. The first-order valence-corrected chi connectivity index (χ1v) is 10.3. The van der Waals surface area contributed by atoms with E-state index in [4.69, 9.17) is 9.47 Å². The van der Waals surface area contributed by atoms with Crippen LogP contribution in [0.2, 0.25) is 0 Å². The van der Waals surface area contributed by atoms with Crippen LogP contribution in [0.1, 0.15) is 18.1 Å². The van der Waals surface area contributed by atoms with Gasteiger partial charge in [-0.05, 0) is 30.7 Å². The molecule has 0 bridgehead atoms. The maximum atomic E-state index is 10.7. The molecule has 0 aromatic heterocycles. The number of para-hydroxylation sites is 1. The van der Waals surface area contributed by atoms with Gasteiger partial charge in [-0.15, -0.1) is 0 Å². The number of anilines is 1. The molecule has 0 saturated heterocycles. The van der Waals surface area contributed by atoms with Gasteiger partial charge in [-0.1, -0.05) is 42.5 Å². The molecule has 0 fully saturated rings. The Labute approximate surface area is 182 Å². The third-order valence-corrected chi connectivity index (χ3v) is 4.61. The quantitative estimate of drug-likeness (QED) is 0.249. The predicted molar refractivity (Wildman–Crippen MR) is 122 cm³/mol. The van der Waals surface area contributed by atoms with E-state index in [-0.39, 0.29) is 5.69 Å². The van der Waals surface area contributed by atoms with Crippen LogP contribution in [-0.2, 0) is 13.2 Å². The first kappa shape index (κ1) is 22.1. The molecule has 0 aliphatic heterocycles. The van der Waals surface area contributed by atoms with Gasteiger partial charge in [0.1, 0.15) is 6.61 Å². The van der Waals surface area contributed by atoms with Crippen LogP contribution in [-0.4, -0.2) is 24.6 Å². The summed E-state index contributed by atoms with van der Waals surface area (Å²) in [4.78, 5) is 10.3. The van der Waals surface area contributed by atoms with Crippen molar-refractivity contribution < 1.29 is 14.4 Å².